The van der Waals surface area contributed by atoms with Crippen molar-refractivity contribution < 1.29 is 8.78 Å². The molecule has 2 nitrogen and oxygen atoms in total. The van der Waals surface area contributed by atoms with Crippen LogP contribution >= 0.6 is 0 Å². The van der Waals surface area contributed by atoms with Gasteiger partial charge >= 0.3 is 0 Å². The number of benzene rings is 1. The van der Waals surface area contributed by atoms with Gasteiger partial charge in [-0.25, -0.2) is 8.78 Å². The Morgan fingerprint density at radius 2 is 1.81 bits per heavy atom. The van der Waals surface area contributed by atoms with Gasteiger partial charge in [0.2, 0.25) is 0 Å². The van der Waals surface area contributed by atoms with Crippen LogP contribution in [0.3, 0.4) is 0 Å². The van der Waals surface area contributed by atoms with E-state index in [1.165, 1.54) is 12.1 Å². The van der Waals surface area contributed by atoms with Gasteiger partial charge in [0.05, 0.1) is 0 Å². The van der Waals surface area contributed by atoms with Crippen molar-refractivity contribution in [2.24, 2.45) is 5.73 Å². The SMILES string of the molecule is CCCCNCc1cc(F)c(CN)cc1F. The van der Waals surface area contributed by atoms with Gasteiger partial charge < -0.3 is 11.1 Å². The number of unbranched alkanes of at least 4 members (excludes halogenated alkanes) is 1. The lowest BCUT2D eigenvalue weighted by atomic mass is 10.1. The molecule has 0 radical (unpaired) electrons. The highest BCUT2D eigenvalue weighted by atomic mass is 19.1. The maximum absolute atomic E-state index is 13.5. The lowest BCUT2D eigenvalue weighted by molar-refractivity contribution is 0.555. The molecule has 0 amide bonds. The number of rotatable bonds is 6. The molecule has 0 saturated heterocycles. The van der Waals surface area contributed by atoms with Gasteiger partial charge in [-0.1, -0.05) is 13.3 Å². The maximum atomic E-state index is 13.5. The zero-order valence-corrected chi connectivity index (χ0v) is 9.52. The second kappa shape index (κ2) is 6.55. The van der Waals surface area contributed by atoms with E-state index in [1.807, 2.05) is 0 Å². The van der Waals surface area contributed by atoms with Crippen molar-refractivity contribution in [2.75, 3.05) is 6.54 Å². The van der Waals surface area contributed by atoms with Crippen molar-refractivity contribution in [1.29, 1.82) is 0 Å². The van der Waals surface area contributed by atoms with E-state index in [4.69, 9.17) is 5.73 Å². The minimum absolute atomic E-state index is 0.0201. The molecule has 0 aliphatic heterocycles. The van der Waals surface area contributed by atoms with E-state index >= 15 is 0 Å². The largest absolute Gasteiger partial charge is 0.326 e. The molecule has 0 saturated carbocycles. The molecule has 0 unspecified atom stereocenters. The molecule has 0 atom stereocenters. The smallest absolute Gasteiger partial charge is 0.128 e. The second-order valence-electron chi connectivity index (χ2n) is 3.77. The third kappa shape index (κ3) is 3.54. The zero-order chi connectivity index (χ0) is 12.0. The Morgan fingerprint density at radius 3 is 2.44 bits per heavy atom. The second-order valence-corrected chi connectivity index (χ2v) is 3.77. The summed E-state index contributed by atoms with van der Waals surface area (Å²) in [7, 11) is 0. The molecule has 1 aromatic rings. The normalized spacial score (nSPS) is 10.8. The summed E-state index contributed by atoms with van der Waals surface area (Å²) >= 11 is 0. The maximum Gasteiger partial charge on any atom is 0.128 e. The molecule has 3 N–H and O–H groups in total. The van der Waals surface area contributed by atoms with Crippen LogP contribution in [0.2, 0.25) is 0 Å². The summed E-state index contributed by atoms with van der Waals surface area (Å²) in [5.74, 6) is -0.831. The lowest BCUT2D eigenvalue weighted by Crippen LogP contribution is -2.16. The van der Waals surface area contributed by atoms with E-state index in [2.05, 4.69) is 12.2 Å². The molecule has 4 heteroatoms. The molecule has 1 aromatic carbocycles. The topological polar surface area (TPSA) is 38.0 Å². The molecule has 16 heavy (non-hydrogen) atoms. The summed E-state index contributed by atoms with van der Waals surface area (Å²) in [4.78, 5) is 0. The van der Waals surface area contributed by atoms with Crippen LogP contribution in [0.1, 0.15) is 30.9 Å². The summed E-state index contributed by atoms with van der Waals surface area (Å²) in [6.07, 6.45) is 2.11. The van der Waals surface area contributed by atoms with Gasteiger partial charge in [-0.05, 0) is 25.1 Å². The highest BCUT2D eigenvalue weighted by Crippen LogP contribution is 2.14. The Kier molecular flexibility index (Phi) is 5.35. The molecule has 0 aliphatic carbocycles. The van der Waals surface area contributed by atoms with Crippen LogP contribution < -0.4 is 11.1 Å². The van der Waals surface area contributed by atoms with Gasteiger partial charge in [-0.15, -0.1) is 0 Å². The van der Waals surface area contributed by atoms with E-state index < -0.39 is 11.6 Å². The van der Waals surface area contributed by atoms with Crippen molar-refractivity contribution in [3.05, 3.63) is 34.9 Å². The standard InChI is InChI=1S/C12H18F2N2/c1-2-3-4-16-8-10-6-11(13)9(7-15)5-12(10)14/h5-6,16H,2-4,7-8,15H2,1H3. The monoisotopic (exact) mass is 228 g/mol. The number of hydrogen-bond acceptors (Lipinski definition) is 2. The van der Waals surface area contributed by atoms with E-state index in [0.29, 0.717) is 12.1 Å². The van der Waals surface area contributed by atoms with Gasteiger partial charge in [0.15, 0.2) is 0 Å². The number of nitrogens with one attached hydrogen (secondary N) is 1. The Labute approximate surface area is 94.8 Å². The minimum atomic E-state index is -0.434. The van der Waals surface area contributed by atoms with E-state index in [9.17, 15) is 8.78 Å². The van der Waals surface area contributed by atoms with Crippen molar-refractivity contribution in [1.82, 2.24) is 5.32 Å². The Balaban J connectivity index is 2.63. The number of halogens is 2. The fourth-order valence-corrected chi connectivity index (χ4v) is 1.45. The predicted octanol–water partition coefficient (Wildman–Crippen LogP) is 2.31. The lowest BCUT2D eigenvalue weighted by Gasteiger charge is -2.08. The van der Waals surface area contributed by atoms with Crippen LogP contribution in [-0.4, -0.2) is 6.54 Å². The van der Waals surface area contributed by atoms with Crippen LogP contribution in [0.4, 0.5) is 8.78 Å². The van der Waals surface area contributed by atoms with Crippen molar-refractivity contribution in [3.63, 3.8) is 0 Å². The van der Waals surface area contributed by atoms with Gasteiger partial charge in [0.25, 0.3) is 0 Å². The van der Waals surface area contributed by atoms with Gasteiger partial charge in [0, 0.05) is 24.2 Å². The molecular formula is C12H18F2N2. The van der Waals surface area contributed by atoms with Crippen molar-refractivity contribution in [3.8, 4) is 0 Å². The van der Waals surface area contributed by atoms with Gasteiger partial charge in [-0.2, -0.15) is 0 Å². The van der Waals surface area contributed by atoms with Crippen LogP contribution in [0.15, 0.2) is 12.1 Å². The van der Waals surface area contributed by atoms with Crippen LogP contribution in [0.5, 0.6) is 0 Å². The third-order valence-corrected chi connectivity index (χ3v) is 2.46. The molecule has 90 valence electrons. The highest BCUT2D eigenvalue weighted by molar-refractivity contribution is 5.26. The fraction of sp³-hybridized carbons (Fsp3) is 0.500. The van der Waals surface area contributed by atoms with Gasteiger partial charge in [-0.3, -0.25) is 0 Å². The van der Waals surface area contributed by atoms with E-state index in [-0.39, 0.29) is 12.1 Å². The molecule has 1 rings (SSSR count). The molecule has 0 aromatic heterocycles. The fourth-order valence-electron chi connectivity index (χ4n) is 1.45. The summed E-state index contributed by atoms with van der Waals surface area (Å²) in [5, 5.41) is 3.07. The first-order chi connectivity index (χ1) is 7.69. The first-order valence-electron chi connectivity index (χ1n) is 5.56. The summed E-state index contributed by atoms with van der Waals surface area (Å²) in [6.45, 7) is 3.27. The molecule has 0 fully saturated rings. The first kappa shape index (κ1) is 13.1. The summed E-state index contributed by atoms with van der Waals surface area (Å²) < 4.78 is 26.8. The quantitative estimate of drug-likeness (QED) is 0.733. The number of hydrogen-bond donors (Lipinski definition) is 2. The van der Waals surface area contributed by atoms with Crippen molar-refractivity contribution in [2.45, 2.75) is 32.9 Å². The van der Waals surface area contributed by atoms with Gasteiger partial charge in [0.1, 0.15) is 11.6 Å². The summed E-state index contributed by atoms with van der Waals surface area (Å²) in [6, 6.07) is 2.39. The Hall–Kier alpha value is -1.00. The van der Waals surface area contributed by atoms with Crippen LogP contribution in [-0.2, 0) is 13.1 Å². The predicted molar refractivity (Wildman–Crippen MR) is 60.9 cm³/mol. The number of nitrogens with two attached hydrogens (primary N) is 1. The third-order valence-electron chi connectivity index (χ3n) is 2.46. The Morgan fingerprint density at radius 1 is 1.19 bits per heavy atom. The summed E-state index contributed by atoms with van der Waals surface area (Å²) in [5.41, 5.74) is 5.86. The first-order valence-corrected chi connectivity index (χ1v) is 5.56. The van der Waals surface area contributed by atoms with E-state index in [0.717, 1.165) is 19.4 Å². The molecule has 0 spiro atoms. The van der Waals surface area contributed by atoms with Crippen LogP contribution in [0.25, 0.3) is 0 Å². The molecule has 0 aliphatic rings. The molecule has 0 heterocycles. The average molecular weight is 228 g/mol. The zero-order valence-electron chi connectivity index (χ0n) is 9.52. The van der Waals surface area contributed by atoms with Crippen LogP contribution in [0, 0.1) is 11.6 Å². The Bertz CT molecular complexity index is 340. The average Bonchev–Trinajstić information content (AvgIpc) is 2.28. The molecular weight excluding hydrogens is 210 g/mol. The molecule has 0 bridgehead atoms. The van der Waals surface area contributed by atoms with E-state index in [1.54, 1.807) is 0 Å². The van der Waals surface area contributed by atoms with Crippen molar-refractivity contribution >= 4 is 0 Å². The highest BCUT2D eigenvalue weighted by Gasteiger charge is 2.08. The minimum Gasteiger partial charge on any atom is -0.326 e.